The van der Waals surface area contributed by atoms with Gasteiger partial charge in [0, 0.05) is 31.8 Å². The number of carbonyl (C=O) groups excluding carboxylic acids is 5. The van der Waals surface area contributed by atoms with Crippen molar-refractivity contribution in [2.75, 3.05) is 6.54 Å². The van der Waals surface area contributed by atoms with Crippen molar-refractivity contribution in [1.29, 1.82) is 0 Å². The van der Waals surface area contributed by atoms with Crippen LogP contribution < -0.4 is 15.4 Å². The second-order valence-electron chi connectivity index (χ2n) is 14.5. The molecule has 1 saturated heterocycles. The van der Waals surface area contributed by atoms with Crippen LogP contribution in [-0.2, 0) is 53.4 Å². The van der Waals surface area contributed by atoms with Gasteiger partial charge in [0.25, 0.3) is 5.91 Å². The first-order valence-corrected chi connectivity index (χ1v) is 19.7. The zero-order valence-corrected chi connectivity index (χ0v) is 29.6. The van der Waals surface area contributed by atoms with Crippen LogP contribution in [0.4, 0.5) is 4.79 Å². The smallest absolute Gasteiger partial charge is 0.410 e. The van der Waals surface area contributed by atoms with Crippen LogP contribution in [0.5, 0.6) is 0 Å². The van der Waals surface area contributed by atoms with E-state index in [0.717, 1.165) is 43.2 Å². The fourth-order valence-corrected chi connectivity index (χ4v) is 8.92. The molecule has 4 bridgehead atoms. The number of hydrogen-bond donors (Lipinski definition) is 3. The molecular weight excluding hydrogens is 662 g/mol. The van der Waals surface area contributed by atoms with Crippen molar-refractivity contribution in [3.8, 4) is 0 Å². The third-order valence-corrected chi connectivity index (χ3v) is 12.6. The fourth-order valence-electron chi connectivity index (χ4n) is 7.55. The van der Waals surface area contributed by atoms with Gasteiger partial charge in [-0.3, -0.25) is 28.8 Å². The molecule has 0 radical (unpaired) electrons. The maximum atomic E-state index is 14.2. The summed E-state index contributed by atoms with van der Waals surface area (Å²) in [5.74, 6) is -2.71. The Morgan fingerprint density at radius 3 is 2.52 bits per heavy atom. The minimum atomic E-state index is -3.88. The Morgan fingerprint density at radius 2 is 1.82 bits per heavy atom. The molecule has 50 heavy (non-hydrogen) atoms. The van der Waals surface area contributed by atoms with Crippen LogP contribution in [-0.4, -0.2) is 83.5 Å². The van der Waals surface area contributed by atoms with Gasteiger partial charge in [-0.1, -0.05) is 56.9 Å². The van der Waals surface area contributed by atoms with Crippen LogP contribution in [0.1, 0.15) is 101 Å². The van der Waals surface area contributed by atoms with Crippen molar-refractivity contribution in [2.45, 2.75) is 132 Å². The lowest BCUT2D eigenvalue weighted by Crippen LogP contribution is -2.58. The molecule has 0 aromatic heterocycles. The first kappa shape index (κ1) is 35.9. The number of carbonyl (C=O) groups is 5. The maximum absolute atomic E-state index is 14.2. The molecule has 1 aromatic rings. The SMILES string of the molecule is C=C[C@@H]1C[C@]1(NC(=O)[C@@H]1C[C@@H]2CN1C(=O)[C@H](CCCC)NC(=O)CCCCCCc1cccc3c1CN(C3)C(=O)O2)C(=O)NS(=O)(=O)C1CC1. The van der Waals surface area contributed by atoms with Crippen molar-refractivity contribution >= 4 is 39.7 Å². The standard InChI is InChI=1S/C36H49N5O8S/c1-3-5-14-29-33(44)41-21-26(18-30(41)32(43)38-36(19-25(36)4-2)34(45)39-50(47,48)27-16-17-27)49-35(46)40-20-24-13-10-12-23(28(24)22-40)11-8-6-7-9-15-31(42)37-29/h4,10,12-13,25-27,29-30H,2-3,5-9,11,14-22H2,1H3,(H,37,42)(H,38,43)(H,39,45)/t25-,26-,29+,30+,36-/m1/s1. The van der Waals surface area contributed by atoms with E-state index in [1.807, 2.05) is 19.1 Å². The number of unbranched alkanes of at least 4 members (excludes halogenated alkanes) is 1. The summed E-state index contributed by atoms with van der Waals surface area (Å²) in [5.41, 5.74) is 1.85. The largest absolute Gasteiger partial charge is 0.444 e. The Balaban J connectivity index is 1.25. The highest BCUT2D eigenvalue weighted by atomic mass is 32.2. The molecule has 5 aliphatic rings. The lowest BCUT2D eigenvalue weighted by atomic mass is 9.98. The summed E-state index contributed by atoms with van der Waals surface area (Å²) in [7, 11) is -3.88. The lowest BCUT2D eigenvalue weighted by molar-refractivity contribution is -0.142. The highest BCUT2D eigenvalue weighted by molar-refractivity contribution is 7.91. The molecule has 3 N–H and O–H groups in total. The first-order valence-electron chi connectivity index (χ1n) is 18.1. The van der Waals surface area contributed by atoms with Gasteiger partial charge in [0.05, 0.1) is 11.8 Å². The minimum absolute atomic E-state index is 0.0272. The van der Waals surface area contributed by atoms with Crippen LogP contribution in [0.2, 0.25) is 0 Å². The van der Waals surface area contributed by atoms with Crippen LogP contribution in [0.25, 0.3) is 0 Å². The number of rotatable bonds is 9. The molecule has 5 atom stereocenters. The molecule has 2 aliphatic carbocycles. The topological polar surface area (TPSA) is 171 Å². The van der Waals surface area contributed by atoms with E-state index in [1.54, 1.807) is 4.90 Å². The predicted octanol–water partition coefficient (Wildman–Crippen LogP) is 2.96. The van der Waals surface area contributed by atoms with Crippen molar-refractivity contribution < 1.29 is 37.1 Å². The molecule has 14 heteroatoms. The van der Waals surface area contributed by atoms with Gasteiger partial charge in [0.2, 0.25) is 27.7 Å². The molecule has 0 unspecified atom stereocenters. The summed E-state index contributed by atoms with van der Waals surface area (Å²) in [4.78, 5) is 71.3. The second-order valence-corrected chi connectivity index (χ2v) is 16.5. The normalized spacial score (nSPS) is 28.9. The van der Waals surface area contributed by atoms with Crippen molar-refractivity contribution in [3.63, 3.8) is 0 Å². The van der Waals surface area contributed by atoms with E-state index in [9.17, 15) is 32.4 Å². The Kier molecular flexibility index (Phi) is 10.6. The Hall–Kier alpha value is -3.94. The summed E-state index contributed by atoms with van der Waals surface area (Å²) in [6.07, 6.45) is 7.62. The van der Waals surface area contributed by atoms with E-state index >= 15 is 0 Å². The van der Waals surface area contributed by atoms with E-state index in [0.29, 0.717) is 45.2 Å². The molecule has 272 valence electrons. The Morgan fingerprint density at radius 1 is 1.08 bits per heavy atom. The van der Waals surface area contributed by atoms with Crippen LogP contribution in [0, 0.1) is 5.92 Å². The summed E-state index contributed by atoms with van der Waals surface area (Å²) in [5, 5.41) is 5.05. The highest BCUT2D eigenvalue weighted by Crippen LogP contribution is 2.45. The quantitative estimate of drug-likeness (QED) is 0.328. The van der Waals surface area contributed by atoms with Gasteiger partial charge in [0.15, 0.2) is 0 Å². The number of fused-ring (bicyclic) bond motifs is 3. The summed E-state index contributed by atoms with van der Waals surface area (Å²) < 4.78 is 33.4. The third-order valence-electron chi connectivity index (χ3n) is 10.8. The molecule has 1 aromatic carbocycles. The number of ether oxygens (including phenoxy) is 1. The number of benzene rings is 1. The van der Waals surface area contributed by atoms with Gasteiger partial charge >= 0.3 is 6.09 Å². The monoisotopic (exact) mass is 711 g/mol. The number of nitrogens with one attached hydrogen (secondary N) is 3. The predicted molar refractivity (Wildman–Crippen MR) is 184 cm³/mol. The number of nitrogens with zero attached hydrogens (tertiary/aromatic N) is 2. The molecule has 6 rings (SSSR count). The second kappa shape index (κ2) is 14.7. The molecule has 0 spiro atoms. The molecule has 3 heterocycles. The molecule has 2 saturated carbocycles. The number of amides is 5. The van der Waals surface area contributed by atoms with E-state index in [4.69, 9.17) is 4.74 Å². The van der Waals surface area contributed by atoms with E-state index in [-0.39, 0.29) is 31.7 Å². The highest BCUT2D eigenvalue weighted by Gasteiger charge is 2.62. The zero-order valence-electron chi connectivity index (χ0n) is 28.8. The zero-order chi connectivity index (χ0) is 35.6. The van der Waals surface area contributed by atoms with Crippen molar-refractivity contribution in [2.24, 2.45) is 5.92 Å². The molecule has 3 aliphatic heterocycles. The van der Waals surface area contributed by atoms with E-state index < -0.39 is 68.7 Å². The minimum Gasteiger partial charge on any atom is -0.444 e. The van der Waals surface area contributed by atoms with Crippen LogP contribution >= 0.6 is 0 Å². The summed E-state index contributed by atoms with van der Waals surface area (Å²) in [6.45, 7) is 6.47. The van der Waals surface area contributed by atoms with Crippen molar-refractivity contribution in [1.82, 2.24) is 25.2 Å². The lowest BCUT2D eigenvalue weighted by Gasteiger charge is -2.30. The molecule has 13 nitrogen and oxygen atoms in total. The number of hydrogen-bond acceptors (Lipinski definition) is 8. The van der Waals surface area contributed by atoms with Gasteiger partial charge < -0.3 is 20.3 Å². The molecule has 5 amide bonds. The summed E-state index contributed by atoms with van der Waals surface area (Å²) >= 11 is 0. The average Bonchev–Trinajstić information content (AvgIpc) is 3.98. The fraction of sp³-hybridized carbons (Fsp3) is 0.639. The van der Waals surface area contributed by atoms with Crippen LogP contribution in [0.15, 0.2) is 30.9 Å². The van der Waals surface area contributed by atoms with Crippen LogP contribution in [0.3, 0.4) is 0 Å². The molecular formula is C36H49N5O8S. The first-order chi connectivity index (χ1) is 24.0. The van der Waals surface area contributed by atoms with Gasteiger partial charge in [0.1, 0.15) is 23.7 Å². The number of aryl methyl sites for hydroxylation is 1. The molecule has 3 fully saturated rings. The summed E-state index contributed by atoms with van der Waals surface area (Å²) in [6, 6.07) is 4.09. The maximum Gasteiger partial charge on any atom is 0.410 e. The van der Waals surface area contributed by atoms with Gasteiger partial charge in [-0.25, -0.2) is 13.2 Å². The Bertz CT molecular complexity index is 1640. The van der Waals surface area contributed by atoms with Gasteiger partial charge in [-0.05, 0) is 61.6 Å². The average molecular weight is 712 g/mol. The van der Waals surface area contributed by atoms with Crippen molar-refractivity contribution in [3.05, 3.63) is 47.5 Å². The van der Waals surface area contributed by atoms with E-state index in [2.05, 4.69) is 28.0 Å². The van der Waals surface area contributed by atoms with Gasteiger partial charge in [-0.15, -0.1) is 6.58 Å². The van der Waals surface area contributed by atoms with Gasteiger partial charge in [-0.2, -0.15) is 0 Å². The van der Waals surface area contributed by atoms with E-state index in [1.165, 1.54) is 16.5 Å². The number of sulfonamides is 1. The Labute approximate surface area is 294 Å². The third kappa shape index (κ3) is 7.69.